The van der Waals surface area contributed by atoms with E-state index in [0.717, 1.165) is 6.07 Å². The monoisotopic (exact) mass is 334 g/mol. The summed E-state index contributed by atoms with van der Waals surface area (Å²) in [6, 6.07) is 5.20. The van der Waals surface area contributed by atoms with Gasteiger partial charge in [0, 0.05) is 0 Å². The Morgan fingerprint density at radius 1 is 0.917 bits per heavy atom. The quantitative estimate of drug-likeness (QED) is 0.747. The van der Waals surface area contributed by atoms with E-state index in [9.17, 15) is 9.59 Å². The van der Waals surface area contributed by atoms with Gasteiger partial charge in [0.25, 0.3) is 0 Å². The highest BCUT2D eigenvalue weighted by atomic mass is 16.5. The maximum Gasteiger partial charge on any atom is 0.335 e. The van der Waals surface area contributed by atoms with Crippen LogP contribution in [-0.4, -0.2) is 22.2 Å². The first-order valence-electron chi connectivity index (χ1n) is 6.76. The first-order valence-corrected chi connectivity index (χ1v) is 6.76. The minimum absolute atomic E-state index is 0.0186. The van der Waals surface area contributed by atoms with E-state index in [0.29, 0.717) is 0 Å². The number of rotatable bonds is 6. The third kappa shape index (κ3) is 13.7. The number of aromatic carboxylic acids is 2. The summed E-state index contributed by atoms with van der Waals surface area (Å²) in [5, 5.41) is 17.0. The molecule has 0 heterocycles. The van der Waals surface area contributed by atoms with Crippen molar-refractivity contribution in [3.63, 3.8) is 0 Å². The van der Waals surface area contributed by atoms with Crippen LogP contribution in [0, 0.1) is 0 Å². The van der Waals surface area contributed by atoms with Crippen molar-refractivity contribution in [2.45, 2.75) is 13.8 Å². The molecule has 1 aromatic carbocycles. The van der Waals surface area contributed by atoms with Crippen molar-refractivity contribution in [1.29, 1.82) is 0 Å². The summed E-state index contributed by atoms with van der Waals surface area (Å²) < 4.78 is 9.13. The molecule has 0 fully saturated rings. The first kappa shape index (κ1) is 23.0. The Labute approximate surface area is 141 Å². The SMILES string of the molecule is C=CO/C=C/C.C=CO/C=C/C.O=C(O)c1cccc(C(=O)O)c1. The van der Waals surface area contributed by atoms with Crippen LogP contribution in [0.1, 0.15) is 34.6 Å². The van der Waals surface area contributed by atoms with E-state index in [1.165, 1.54) is 30.7 Å². The van der Waals surface area contributed by atoms with E-state index < -0.39 is 11.9 Å². The standard InChI is InChI=1S/C8H6O4.2C5H8O/c9-7(10)5-2-1-3-6(4-5)8(11)12;2*1-3-5-6-4-2/h1-4H,(H,9,10)(H,11,12);2*3-5H,2H2,1H3/b;2*5-3+. The number of carboxylic acids is 2. The second-order valence-corrected chi connectivity index (χ2v) is 3.74. The van der Waals surface area contributed by atoms with Gasteiger partial charge < -0.3 is 19.7 Å². The molecule has 6 heteroatoms. The Morgan fingerprint density at radius 2 is 1.29 bits per heavy atom. The molecule has 0 saturated carbocycles. The highest BCUT2D eigenvalue weighted by Gasteiger charge is 2.06. The van der Waals surface area contributed by atoms with Gasteiger partial charge in [0.2, 0.25) is 0 Å². The van der Waals surface area contributed by atoms with Gasteiger partial charge in [-0.05, 0) is 32.0 Å². The fraction of sp³-hybridized carbons (Fsp3) is 0.111. The van der Waals surface area contributed by atoms with E-state index in [2.05, 4.69) is 22.6 Å². The van der Waals surface area contributed by atoms with Gasteiger partial charge in [0.05, 0.1) is 36.2 Å². The van der Waals surface area contributed by atoms with Crippen molar-refractivity contribution in [3.8, 4) is 0 Å². The van der Waals surface area contributed by atoms with Crippen LogP contribution in [0.4, 0.5) is 0 Å². The summed E-state index contributed by atoms with van der Waals surface area (Å²) in [5.74, 6) is -2.25. The molecule has 130 valence electrons. The summed E-state index contributed by atoms with van der Waals surface area (Å²) >= 11 is 0. The van der Waals surface area contributed by atoms with E-state index >= 15 is 0 Å². The lowest BCUT2D eigenvalue weighted by molar-refractivity contribution is 0.0696. The van der Waals surface area contributed by atoms with Crippen LogP contribution in [0.5, 0.6) is 0 Å². The number of carboxylic acid groups (broad SMARTS) is 2. The third-order valence-corrected chi connectivity index (χ3v) is 1.98. The zero-order valence-electron chi connectivity index (χ0n) is 13.7. The van der Waals surface area contributed by atoms with Crippen molar-refractivity contribution in [2.75, 3.05) is 0 Å². The highest BCUT2D eigenvalue weighted by Crippen LogP contribution is 2.04. The van der Waals surface area contributed by atoms with Crippen molar-refractivity contribution < 1.29 is 29.3 Å². The first-order chi connectivity index (χ1) is 11.4. The number of allylic oxidation sites excluding steroid dienone is 2. The average molecular weight is 334 g/mol. The number of hydrogen-bond donors (Lipinski definition) is 2. The Hall–Kier alpha value is -3.28. The lowest BCUT2D eigenvalue weighted by Crippen LogP contribution is -2.01. The lowest BCUT2D eigenvalue weighted by Gasteiger charge is -1.95. The van der Waals surface area contributed by atoms with Crippen LogP contribution in [0.25, 0.3) is 0 Å². The van der Waals surface area contributed by atoms with Gasteiger partial charge in [0.15, 0.2) is 0 Å². The zero-order valence-corrected chi connectivity index (χ0v) is 13.7. The Kier molecular flexibility index (Phi) is 15.4. The average Bonchev–Trinajstić information content (AvgIpc) is 2.59. The van der Waals surface area contributed by atoms with Crippen LogP contribution in [0.2, 0.25) is 0 Å². The highest BCUT2D eigenvalue weighted by molar-refractivity contribution is 5.93. The predicted molar refractivity (Wildman–Crippen MR) is 92.6 cm³/mol. The normalized spacial score (nSPS) is 9.08. The number of ether oxygens (including phenoxy) is 2. The van der Waals surface area contributed by atoms with Crippen molar-refractivity contribution in [3.05, 3.63) is 85.8 Å². The predicted octanol–water partition coefficient (Wildman–Crippen LogP) is 4.44. The van der Waals surface area contributed by atoms with Gasteiger partial charge in [-0.25, -0.2) is 9.59 Å². The minimum atomic E-state index is -1.13. The molecule has 6 nitrogen and oxygen atoms in total. The molecule has 2 N–H and O–H groups in total. The van der Waals surface area contributed by atoms with Gasteiger partial charge in [-0.15, -0.1) is 0 Å². The fourth-order valence-corrected chi connectivity index (χ4v) is 1.05. The van der Waals surface area contributed by atoms with E-state index in [1.807, 2.05) is 13.8 Å². The molecule has 1 aromatic rings. The second-order valence-electron chi connectivity index (χ2n) is 3.74. The molecule has 0 unspecified atom stereocenters. The zero-order chi connectivity index (χ0) is 18.8. The molecule has 0 radical (unpaired) electrons. The molecule has 0 aliphatic carbocycles. The van der Waals surface area contributed by atoms with Crippen LogP contribution < -0.4 is 0 Å². The molecule has 24 heavy (non-hydrogen) atoms. The molecule has 0 atom stereocenters. The van der Waals surface area contributed by atoms with Crippen LogP contribution in [-0.2, 0) is 9.47 Å². The summed E-state index contributed by atoms with van der Waals surface area (Å²) in [5.41, 5.74) is -0.0372. The molecule has 0 aromatic heterocycles. The smallest absolute Gasteiger partial charge is 0.335 e. The van der Waals surface area contributed by atoms with E-state index in [4.69, 9.17) is 10.2 Å². The largest absolute Gasteiger partial charge is 0.478 e. The summed E-state index contributed by atoms with van der Waals surface area (Å²) in [7, 11) is 0. The summed E-state index contributed by atoms with van der Waals surface area (Å²) in [6.45, 7) is 10.4. The molecule has 0 amide bonds. The fourth-order valence-electron chi connectivity index (χ4n) is 1.05. The molecule has 0 spiro atoms. The van der Waals surface area contributed by atoms with Crippen molar-refractivity contribution in [2.24, 2.45) is 0 Å². The number of carbonyl (C=O) groups is 2. The van der Waals surface area contributed by atoms with Gasteiger partial charge in [-0.3, -0.25) is 0 Å². The Balaban J connectivity index is 0. The number of benzene rings is 1. The van der Waals surface area contributed by atoms with Crippen LogP contribution in [0.3, 0.4) is 0 Å². The minimum Gasteiger partial charge on any atom is -0.478 e. The molecule has 0 bridgehead atoms. The van der Waals surface area contributed by atoms with E-state index in [1.54, 1.807) is 24.7 Å². The second kappa shape index (κ2) is 16.1. The molecule has 0 saturated heterocycles. The van der Waals surface area contributed by atoms with Gasteiger partial charge in [-0.1, -0.05) is 31.4 Å². The van der Waals surface area contributed by atoms with Gasteiger partial charge in [-0.2, -0.15) is 0 Å². The molecule has 0 aliphatic rings. The van der Waals surface area contributed by atoms with Crippen LogP contribution in [0.15, 0.2) is 74.6 Å². The molecule has 0 aliphatic heterocycles. The van der Waals surface area contributed by atoms with Crippen molar-refractivity contribution >= 4 is 11.9 Å². The van der Waals surface area contributed by atoms with Gasteiger partial charge in [0.1, 0.15) is 0 Å². The maximum atomic E-state index is 10.4. The topological polar surface area (TPSA) is 93.1 Å². The number of hydrogen-bond acceptors (Lipinski definition) is 4. The molecular weight excluding hydrogens is 312 g/mol. The summed E-state index contributed by atoms with van der Waals surface area (Å²) in [6.07, 6.45) is 9.46. The Morgan fingerprint density at radius 3 is 1.50 bits per heavy atom. The van der Waals surface area contributed by atoms with Gasteiger partial charge >= 0.3 is 11.9 Å². The van der Waals surface area contributed by atoms with E-state index in [-0.39, 0.29) is 11.1 Å². The van der Waals surface area contributed by atoms with Crippen molar-refractivity contribution in [1.82, 2.24) is 0 Å². The summed E-state index contributed by atoms with van der Waals surface area (Å²) in [4.78, 5) is 20.8. The van der Waals surface area contributed by atoms with Crippen LogP contribution >= 0.6 is 0 Å². The molecule has 1 rings (SSSR count). The molecular formula is C18H22O6. The Bertz CT molecular complexity index is 525. The lowest BCUT2D eigenvalue weighted by atomic mass is 10.1. The third-order valence-electron chi connectivity index (χ3n) is 1.98. The maximum absolute atomic E-state index is 10.4.